The van der Waals surface area contributed by atoms with Crippen LogP contribution in [0.4, 0.5) is 14.6 Å². The zero-order valence-corrected chi connectivity index (χ0v) is 19.3. The lowest BCUT2D eigenvalue weighted by Gasteiger charge is -2.28. The van der Waals surface area contributed by atoms with Crippen molar-refractivity contribution in [2.45, 2.75) is 44.8 Å². The monoisotopic (exact) mass is 480 g/mol. The minimum atomic E-state index is -0.906. The summed E-state index contributed by atoms with van der Waals surface area (Å²) in [6.45, 7) is 2.73. The van der Waals surface area contributed by atoms with Crippen LogP contribution in [0.2, 0.25) is 0 Å². The molecule has 3 aromatic heterocycles. The summed E-state index contributed by atoms with van der Waals surface area (Å²) in [4.78, 5) is 13.1. The average molecular weight is 481 g/mol. The van der Waals surface area contributed by atoms with Gasteiger partial charge in [-0.2, -0.15) is 5.10 Å². The van der Waals surface area contributed by atoms with Gasteiger partial charge in [-0.25, -0.2) is 28.4 Å². The van der Waals surface area contributed by atoms with Crippen molar-refractivity contribution in [3.05, 3.63) is 60.2 Å². The second kappa shape index (κ2) is 9.91. The van der Waals surface area contributed by atoms with Crippen molar-refractivity contribution in [3.63, 3.8) is 0 Å². The number of aliphatic hydroxyl groups excluding tert-OH is 1. The van der Waals surface area contributed by atoms with Crippen molar-refractivity contribution in [3.8, 4) is 17.0 Å². The Morgan fingerprint density at radius 1 is 1.11 bits per heavy atom. The first-order valence-electron chi connectivity index (χ1n) is 11.7. The number of benzene rings is 1. The van der Waals surface area contributed by atoms with Crippen molar-refractivity contribution in [2.75, 3.05) is 18.5 Å². The number of aliphatic hydroxyl groups is 1. The summed E-state index contributed by atoms with van der Waals surface area (Å²) in [5.74, 6) is -0.957. The molecule has 3 heterocycles. The van der Waals surface area contributed by atoms with E-state index in [1.807, 2.05) is 19.1 Å². The third-order valence-electron chi connectivity index (χ3n) is 6.27. The molecule has 0 bridgehead atoms. The van der Waals surface area contributed by atoms with Gasteiger partial charge in [0.1, 0.15) is 17.9 Å². The van der Waals surface area contributed by atoms with Gasteiger partial charge in [-0.15, -0.1) is 0 Å². The molecule has 0 spiro atoms. The fourth-order valence-electron chi connectivity index (χ4n) is 4.05. The van der Waals surface area contributed by atoms with Crippen molar-refractivity contribution in [2.24, 2.45) is 0 Å². The van der Waals surface area contributed by atoms with Gasteiger partial charge in [0.05, 0.1) is 31.1 Å². The first-order chi connectivity index (χ1) is 17.0. The number of fused-ring (bicyclic) bond motifs is 1. The van der Waals surface area contributed by atoms with Gasteiger partial charge in [0.25, 0.3) is 0 Å². The molecule has 5 rings (SSSR count). The second-order valence-corrected chi connectivity index (χ2v) is 8.77. The molecule has 10 heteroatoms. The highest BCUT2D eigenvalue weighted by atomic mass is 19.2. The molecule has 4 aromatic rings. The topological polar surface area (TPSA) is 98.0 Å². The highest BCUT2D eigenvalue weighted by Gasteiger charge is 2.23. The van der Waals surface area contributed by atoms with Crippen molar-refractivity contribution in [1.29, 1.82) is 0 Å². The van der Waals surface area contributed by atoms with Crippen LogP contribution in [0.5, 0.6) is 5.75 Å². The molecule has 0 aliphatic heterocycles. The summed E-state index contributed by atoms with van der Waals surface area (Å²) in [6.07, 6.45) is 7.88. The summed E-state index contributed by atoms with van der Waals surface area (Å²) >= 11 is 0. The summed E-state index contributed by atoms with van der Waals surface area (Å²) < 4.78 is 35.5. The molecule has 8 nitrogen and oxygen atoms in total. The SMILES string of the molecule is CC(CNc1cc(-c2cnc3c(cnn3CCO)c2)ncn1)c1cc(F)c(F)cc1OC1CCC1. The lowest BCUT2D eigenvalue weighted by atomic mass is 9.95. The van der Waals surface area contributed by atoms with Gasteiger partial charge in [-0.05, 0) is 31.4 Å². The van der Waals surface area contributed by atoms with Crippen LogP contribution < -0.4 is 10.1 Å². The molecule has 182 valence electrons. The zero-order valence-electron chi connectivity index (χ0n) is 19.3. The zero-order chi connectivity index (χ0) is 24.4. The van der Waals surface area contributed by atoms with E-state index in [-0.39, 0.29) is 18.6 Å². The summed E-state index contributed by atoms with van der Waals surface area (Å²) in [5, 5.41) is 17.5. The van der Waals surface area contributed by atoms with Crippen LogP contribution in [0.25, 0.3) is 22.3 Å². The van der Waals surface area contributed by atoms with Gasteiger partial charge in [0, 0.05) is 47.3 Å². The van der Waals surface area contributed by atoms with E-state index in [2.05, 4.69) is 25.4 Å². The minimum absolute atomic E-state index is 0.0155. The first kappa shape index (κ1) is 23.1. The highest BCUT2D eigenvalue weighted by molar-refractivity contribution is 5.80. The van der Waals surface area contributed by atoms with Gasteiger partial charge in [-0.3, -0.25) is 0 Å². The van der Waals surface area contributed by atoms with Crippen molar-refractivity contribution < 1.29 is 18.6 Å². The maximum absolute atomic E-state index is 14.0. The number of halogens is 2. The van der Waals surface area contributed by atoms with Crippen LogP contribution >= 0.6 is 0 Å². The normalized spacial score (nSPS) is 14.6. The van der Waals surface area contributed by atoms with E-state index in [0.29, 0.717) is 41.6 Å². The van der Waals surface area contributed by atoms with E-state index < -0.39 is 11.6 Å². The van der Waals surface area contributed by atoms with Gasteiger partial charge in [-0.1, -0.05) is 6.92 Å². The summed E-state index contributed by atoms with van der Waals surface area (Å²) in [5.41, 5.74) is 2.79. The molecular formula is C25H26F2N6O2. The maximum Gasteiger partial charge on any atom is 0.162 e. The Labute approximate surface area is 201 Å². The number of hydrogen-bond acceptors (Lipinski definition) is 7. The summed E-state index contributed by atoms with van der Waals surface area (Å²) in [7, 11) is 0. The molecule has 1 aliphatic carbocycles. The molecule has 1 aliphatic rings. The van der Waals surface area contributed by atoms with Gasteiger partial charge in [0.15, 0.2) is 17.3 Å². The molecule has 1 atom stereocenters. The highest BCUT2D eigenvalue weighted by Crippen LogP contribution is 2.33. The average Bonchev–Trinajstić information content (AvgIpc) is 3.24. The van der Waals surface area contributed by atoms with Crippen LogP contribution in [0.1, 0.15) is 37.7 Å². The number of aromatic nitrogens is 5. The molecule has 1 unspecified atom stereocenters. The van der Waals surface area contributed by atoms with Crippen LogP contribution in [-0.2, 0) is 6.54 Å². The Morgan fingerprint density at radius 3 is 2.71 bits per heavy atom. The molecule has 1 fully saturated rings. The number of ether oxygens (including phenoxy) is 1. The van der Waals surface area contributed by atoms with E-state index >= 15 is 0 Å². The molecule has 0 amide bonds. The van der Waals surface area contributed by atoms with E-state index in [1.165, 1.54) is 12.4 Å². The molecule has 1 aromatic carbocycles. The van der Waals surface area contributed by atoms with E-state index in [4.69, 9.17) is 9.84 Å². The standard InChI is InChI=1S/C25H26F2N6O2/c1-15(19-8-20(26)21(27)9-23(19)35-18-3-2-4-18)11-28-24-10-22(30-14-31-24)16-7-17-13-32-33(5-6-34)25(17)29-12-16/h7-10,12-15,18,34H,2-6,11H2,1H3,(H,28,30,31). The van der Waals surface area contributed by atoms with Crippen LogP contribution in [0, 0.1) is 11.6 Å². The van der Waals surface area contributed by atoms with Crippen molar-refractivity contribution >= 4 is 16.9 Å². The van der Waals surface area contributed by atoms with Gasteiger partial charge in [0.2, 0.25) is 0 Å². The predicted octanol–water partition coefficient (Wildman–Crippen LogP) is 4.31. The third-order valence-corrected chi connectivity index (χ3v) is 6.27. The molecule has 2 N–H and O–H groups in total. The number of hydrogen-bond donors (Lipinski definition) is 2. The largest absolute Gasteiger partial charge is 0.490 e. The minimum Gasteiger partial charge on any atom is -0.490 e. The number of anilines is 1. The predicted molar refractivity (Wildman–Crippen MR) is 127 cm³/mol. The number of nitrogens with zero attached hydrogens (tertiary/aromatic N) is 5. The molecular weight excluding hydrogens is 454 g/mol. The first-order valence-corrected chi connectivity index (χ1v) is 11.7. The lowest BCUT2D eigenvalue weighted by molar-refractivity contribution is 0.118. The Kier molecular flexibility index (Phi) is 6.54. The van der Waals surface area contributed by atoms with Gasteiger partial charge < -0.3 is 15.2 Å². The van der Waals surface area contributed by atoms with E-state index in [9.17, 15) is 8.78 Å². The molecule has 35 heavy (non-hydrogen) atoms. The maximum atomic E-state index is 14.0. The third kappa shape index (κ3) is 4.93. The number of pyridine rings is 1. The van der Waals surface area contributed by atoms with Crippen molar-refractivity contribution in [1.82, 2.24) is 24.7 Å². The summed E-state index contributed by atoms with van der Waals surface area (Å²) in [6, 6.07) is 6.11. The van der Waals surface area contributed by atoms with Crippen LogP contribution in [0.3, 0.4) is 0 Å². The Bertz CT molecular complexity index is 1340. The molecule has 0 radical (unpaired) electrons. The van der Waals surface area contributed by atoms with E-state index in [1.54, 1.807) is 17.1 Å². The number of rotatable bonds is 9. The molecule has 1 saturated carbocycles. The smallest absolute Gasteiger partial charge is 0.162 e. The van der Waals surface area contributed by atoms with Crippen LogP contribution in [-0.4, -0.2) is 49.1 Å². The lowest BCUT2D eigenvalue weighted by Crippen LogP contribution is -2.25. The van der Waals surface area contributed by atoms with Gasteiger partial charge >= 0.3 is 0 Å². The second-order valence-electron chi connectivity index (χ2n) is 8.77. The molecule has 0 saturated heterocycles. The van der Waals surface area contributed by atoms with Crippen LogP contribution in [0.15, 0.2) is 43.0 Å². The van der Waals surface area contributed by atoms with E-state index in [0.717, 1.165) is 36.3 Å². The Hall–Kier alpha value is -3.66. The quantitative estimate of drug-likeness (QED) is 0.368. The number of nitrogens with one attached hydrogen (secondary N) is 1. The Balaban J connectivity index is 1.31. The fraction of sp³-hybridized carbons (Fsp3) is 0.360. The Morgan fingerprint density at radius 2 is 1.94 bits per heavy atom. The fourth-order valence-corrected chi connectivity index (χ4v) is 4.05.